The molecular formula is C14H13ClO3. The fourth-order valence-corrected chi connectivity index (χ4v) is 1.66. The quantitative estimate of drug-likeness (QED) is 0.916. The van der Waals surface area contributed by atoms with Gasteiger partial charge in [0.15, 0.2) is 11.5 Å². The Morgan fingerprint density at radius 1 is 1.11 bits per heavy atom. The monoisotopic (exact) mass is 264 g/mol. The number of aromatic hydroxyl groups is 1. The molecule has 2 aromatic rings. The van der Waals surface area contributed by atoms with Gasteiger partial charge in [0.05, 0.1) is 12.1 Å². The van der Waals surface area contributed by atoms with Gasteiger partial charge >= 0.3 is 0 Å². The Kier molecular flexibility index (Phi) is 3.95. The second-order valence-electron chi connectivity index (χ2n) is 3.73. The molecule has 2 aromatic carbocycles. The maximum absolute atomic E-state index is 9.49. The topological polar surface area (TPSA) is 38.7 Å². The van der Waals surface area contributed by atoms with Crippen LogP contribution < -0.4 is 9.47 Å². The molecule has 2 rings (SSSR count). The predicted molar refractivity (Wildman–Crippen MR) is 70.4 cm³/mol. The molecule has 94 valence electrons. The van der Waals surface area contributed by atoms with E-state index in [2.05, 4.69) is 0 Å². The molecule has 0 aliphatic carbocycles. The maximum atomic E-state index is 9.49. The Morgan fingerprint density at radius 2 is 1.83 bits per heavy atom. The van der Waals surface area contributed by atoms with Crippen molar-refractivity contribution >= 4 is 11.6 Å². The highest BCUT2D eigenvalue weighted by molar-refractivity contribution is 6.31. The van der Waals surface area contributed by atoms with E-state index in [1.54, 1.807) is 25.3 Å². The maximum Gasteiger partial charge on any atom is 0.161 e. The second-order valence-corrected chi connectivity index (χ2v) is 4.13. The zero-order valence-electron chi connectivity index (χ0n) is 9.89. The van der Waals surface area contributed by atoms with Crippen molar-refractivity contribution in [3.8, 4) is 17.2 Å². The van der Waals surface area contributed by atoms with E-state index in [9.17, 15) is 5.11 Å². The third-order valence-electron chi connectivity index (χ3n) is 2.47. The Hall–Kier alpha value is -1.87. The van der Waals surface area contributed by atoms with Gasteiger partial charge in [-0.25, -0.2) is 0 Å². The standard InChI is InChI=1S/C14H13ClO3/c1-17-13-4-2-3-5-14(13)18-9-10-6-7-11(15)12(16)8-10/h2-8,16H,9H2,1H3. The number of hydrogen-bond donors (Lipinski definition) is 1. The van der Waals surface area contributed by atoms with Crippen LogP contribution in [0.5, 0.6) is 17.2 Å². The molecule has 0 bridgehead atoms. The van der Waals surface area contributed by atoms with E-state index >= 15 is 0 Å². The Bertz CT molecular complexity index is 540. The van der Waals surface area contributed by atoms with Crippen LogP contribution in [0.25, 0.3) is 0 Å². The van der Waals surface area contributed by atoms with Crippen molar-refractivity contribution in [1.29, 1.82) is 0 Å². The molecule has 0 atom stereocenters. The van der Waals surface area contributed by atoms with Gasteiger partial charge in [0.1, 0.15) is 12.4 Å². The summed E-state index contributed by atoms with van der Waals surface area (Å²) in [6.07, 6.45) is 0. The molecular weight excluding hydrogens is 252 g/mol. The van der Waals surface area contributed by atoms with Gasteiger partial charge in [-0.15, -0.1) is 0 Å². The van der Waals surface area contributed by atoms with E-state index in [0.29, 0.717) is 23.1 Å². The smallest absolute Gasteiger partial charge is 0.161 e. The number of phenolic OH excluding ortho intramolecular Hbond substituents is 1. The van der Waals surface area contributed by atoms with Crippen molar-refractivity contribution in [3.05, 3.63) is 53.1 Å². The average Bonchev–Trinajstić information content (AvgIpc) is 2.40. The van der Waals surface area contributed by atoms with Crippen LogP contribution in [0.3, 0.4) is 0 Å². The number of hydrogen-bond acceptors (Lipinski definition) is 3. The number of benzene rings is 2. The fraction of sp³-hybridized carbons (Fsp3) is 0.143. The molecule has 3 nitrogen and oxygen atoms in total. The first-order chi connectivity index (χ1) is 8.70. The normalized spacial score (nSPS) is 10.1. The summed E-state index contributed by atoms with van der Waals surface area (Å²) >= 11 is 5.73. The highest BCUT2D eigenvalue weighted by atomic mass is 35.5. The molecule has 0 aliphatic heterocycles. The van der Waals surface area contributed by atoms with Crippen molar-refractivity contribution in [2.24, 2.45) is 0 Å². The summed E-state index contributed by atoms with van der Waals surface area (Å²) in [6, 6.07) is 12.4. The molecule has 0 aliphatic rings. The van der Waals surface area contributed by atoms with Crippen molar-refractivity contribution in [2.75, 3.05) is 7.11 Å². The summed E-state index contributed by atoms with van der Waals surface area (Å²) in [7, 11) is 1.59. The molecule has 18 heavy (non-hydrogen) atoms. The largest absolute Gasteiger partial charge is 0.506 e. The Morgan fingerprint density at radius 3 is 2.50 bits per heavy atom. The van der Waals surface area contributed by atoms with Gasteiger partial charge in [-0.3, -0.25) is 0 Å². The van der Waals surface area contributed by atoms with E-state index in [1.165, 1.54) is 0 Å². The minimum absolute atomic E-state index is 0.0535. The van der Waals surface area contributed by atoms with Crippen LogP contribution in [0.4, 0.5) is 0 Å². The molecule has 4 heteroatoms. The molecule has 0 saturated heterocycles. The number of methoxy groups -OCH3 is 1. The summed E-state index contributed by atoms with van der Waals surface area (Å²) in [6.45, 7) is 0.338. The number of phenols is 1. The Balaban J connectivity index is 2.09. The average molecular weight is 265 g/mol. The van der Waals surface area contributed by atoms with Crippen LogP contribution >= 0.6 is 11.6 Å². The van der Waals surface area contributed by atoms with Crippen LogP contribution in [0.15, 0.2) is 42.5 Å². The third kappa shape index (κ3) is 2.87. The lowest BCUT2D eigenvalue weighted by Crippen LogP contribution is -1.97. The Labute approximate surface area is 111 Å². The van der Waals surface area contributed by atoms with Gasteiger partial charge in [0.2, 0.25) is 0 Å². The van der Waals surface area contributed by atoms with Crippen LogP contribution in [0.1, 0.15) is 5.56 Å². The van der Waals surface area contributed by atoms with Gasteiger partial charge in [-0.2, -0.15) is 0 Å². The van der Waals surface area contributed by atoms with E-state index in [0.717, 1.165) is 5.56 Å². The van der Waals surface area contributed by atoms with Gasteiger partial charge in [-0.1, -0.05) is 29.8 Å². The molecule has 0 radical (unpaired) electrons. The van der Waals surface area contributed by atoms with E-state index < -0.39 is 0 Å². The van der Waals surface area contributed by atoms with Gasteiger partial charge < -0.3 is 14.6 Å². The molecule has 0 spiro atoms. The predicted octanol–water partition coefficient (Wildman–Crippen LogP) is 3.63. The van der Waals surface area contributed by atoms with Crippen LogP contribution in [0, 0.1) is 0 Å². The minimum atomic E-state index is 0.0535. The summed E-state index contributed by atoms with van der Waals surface area (Å²) in [5.41, 5.74) is 0.836. The van der Waals surface area contributed by atoms with Gasteiger partial charge in [0, 0.05) is 0 Å². The third-order valence-corrected chi connectivity index (χ3v) is 2.79. The summed E-state index contributed by atoms with van der Waals surface area (Å²) in [5.74, 6) is 1.39. The van der Waals surface area contributed by atoms with Crippen LogP contribution in [-0.4, -0.2) is 12.2 Å². The number of ether oxygens (including phenoxy) is 2. The van der Waals surface area contributed by atoms with Crippen molar-refractivity contribution in [2.45, 2.75) is 6.61 Å². The van der Waals surface area contributed by atoms with Crippen LogP contribution in [-0.2, 0) is 6.61 Å². The van der Waals surface area contributed by atoms with Crippen molar-refractivity contribution in [3.63, 3.8) is 0 Å². The molecule has 0 unspecified atom stereocenters. The van der Waals surface area contributed by atoms with Crippen LogP contribution in [0.2, 0.25) is 5.02 Å². The van der Waals surface area contributed by atoms with E-state index in [-0.39, 0.29) is 5.75 Å². The summed E-state index contributed by atoms with van der Waals surface area (Å²) in [5, 5.41) is 9.82. The highest BCUT2D eigenvalue weighted by Gasteiger charge is 2.04. The number of para-hydroxylation sites is 2. The highest BCUT2D eigenvalue weighted by Crippen LogP contribution is 2.28. The summed E-state index contributed by atoms with van der Waals surface area (Å²) < 4.78 is 10.8. The lowest BCUT2D eigenvalue weighted by molar-refractivity contribution is 0.284. The number of halogens is 1. The first kappa shape index (κ1) is 12.6. The molecule has 1 N–H and O–H groups in total. The zero-order valence-corrected chi connectivity index (χ0v) is 10.6. The summed E-state index contributed by atoms with van der Waals surface area (Å²) in [4.78, 5) is 0. The number of rotatable bonds is 4. The lowest BCUT2D eigenvalue weighted by Gasteiger charge is -2.10. The molecule has 0 saturated carbocycles. The fourth-order valence-electron chi connectivity index (χ4n) is 1.55. The van der Waals surface area contributed by atoms with Crippen molar-refractivity contribution < 1.29 is 14.6 Å². The van der Waals surface area contributed by atoms with E-state index in [1.807, 2.05) is 24.3 Å². The molecule has 0 amide bonds. The minimum Gasteiger partial charge on any atom is -0.506 e. The molecule has 0 aromatic heterocycles. The molecule has 0 heterocycles. The van der Waals surface area contributed by atoms with Crippen molar-refractivity contribution in [1.82, 2.24) is 0 Å². The van der Waals surface area contributed by atoms with Gasteiger partial charge in [0.25, 0.3) is 0 Å². The first-order valence-electron chi connectivity index (χ1n) is 5.44. The SMILES string of the molecule is COc1ccccc1OCc1ccc(Cl)c(O)c1. The van der Waals surface area contributed by atoms with E-state index in [4.69, 9.17) is 21.1 Å². The first-order valence-corrected chi connectivity index (χ1v) is 5.81. The lowest BCUT2D eigenvalue weighted by atomic mass is 10.2. The molecule has 0 fully saturated rings. The van der Waals surface area contributed by atoms with Gasteiger partial charge in [-0.05, 0) is 29.8 Å². The second kappa shape index (κ2) is 5.65. The zero-order chi connectivity index (χ0) is 13.0.